The summed E-state index contributed by atoms with van der Waals surface area (Å²) in [6.45, 7) is 0. The van der Waals surface area contributed by atoms with Gasteiger partial charge in [-0.05, 0) is 4.74 Å². The van der Waals surface area contributed by atoms with Crippen molar-refractivity contribution in [3.8, 4) is 11.4 Å². The molecule has 0 bridgehead atoms. The van der Waals surface area contributed by atoms with Crippen molar-refractivity contribution < 1.29 is 4.89 Å². The average molecular weight is 249 g/mol. The highest BCUT2D eigenvalue weighted by atomic mass is 31.1. The molecule has 1 heterocycles. The molecule has 0 spiro atoms. The average Bonchev–Trinajstić information content (AvgIpc) is 2.78. The Bertz CT molecular complexity index is 523. The molecule has 2 aromatic rings. The predicted molar refractivity (Wildman–Crippen MR) is 64.5 cm³/mol. The van der Waals surface area contributed by atoms with Gasteiger partial charge in [0.25, 0.3) is 8.09 Å². The van der Waals surface area contributed by atoms with E-state index in [1.165, 1.54) is 4.67 Å². The van der Waals surface area contributed by atoms with Crippen LogP contribution in [0.2, 0.25) is 0 Å². The molecule has 0 saturated heterocycles. The minimum atomic E-state index is -1.81. The van der Waals surface area contributed by atoms with Crippen LogP contribution in [0.4, 0.5) is 5.95 Å². The molecule has 0 amide bonds. The van der Waals surface area contributed by atoms with Gasteiger partial charge in [0.2, 0.25) is 0 Å². The van der Waals surface area contributed by atoms with E-state index in [0.29, 0.717) is 5.82 Å². The quantitative estimate of drug-likeness (QED) is 0.836. The van der Waals surface area contributed by atoms with Crippen LogP contribution < -0.4 is 4.89 Å². The maximum atomic E-state index is 11.5. The molecule has 1 N–H and O–H groups in total. The van der Waals surface area contributed by atoms with E-state index >= 15 is 0 Å². The molecule has 7 heteroatoms. The van der Waals surface area contributed by atoms with Gasteiger partial charge in [0, 0.05) is 19.7 Å². The molecule has 17 heavy (non-hydrogen) atoms. The van der Waals surface area contributed by atoms with E-state index in [2.05, 4.69) is 19.9 Å². The number of aromatic nitrogens is 3. The first-order valence-corrected chi connectivity index (χ1v) is 6.17. The van der Waals surface area contributed by atoms with Gasteiger partial charge in [-0.1, -0.05) is 30.3 Å². The lowest BCUT2D eigenvalue weighted by atomic mass is 10.2. The summed E-state index contributed by atoms with van der Waals surface area (Å²) in [7, 11) is 1.57. The maximum absolute atomic E-state index is 11.5. The van der Waals surface area contributed by atoms with E-state index < -0.39 is 8.09 Å². The molecule has 88 valence electrons. The van der Waals surface area contributed by atoms with Gasteiger partial charge in [0.1, 0.15) is 0 Å². The number of aromatic amines is 1. The largest absolute Gasteiger partial charge is 0.594 e. The summed E-state index contributed by atoms with van der Waals surface area (Å²) in [4.78, 5) is 15.6. The lowest BCUT2D eigenvalue weighted by Crippen LogP contribution is -2.07. The molecular formula is C10H12N5OP. The third-order valence-electron chi connectivity index (χ3n) is 2.04. The van der Waals surface area contributed by atoms with E-state index in [1.54, 1.807) is 14.1 Å². The molecule has 0 aliphatic rings. The highest BCUT2D eigenvalue weighted by Crippen LogP contribution is 2.24. The van der Waals surface area contributed by atoms with Gasteiger partial charge < -0.3 is 4.89 Å². The molecule has 0 radical (unpaired) electrons. The Morgan fingerprint density at radius 1 is 1.29 bits per heavy atom. The number of benzene rings is 1. The topological polar surface area (TPSA) is 80.2 Å². The van der Waals surface area contributed by atoms with E-state index in [1.807, 2.05) is 30.3 Å². The second-order valence-electron chi connectivity index (χ2n) is 3.55. The zero-order valence-corrected chi connectivity index (χ0v) is 10.4. The first-order valence-electron chi connectivity index (χ1n) is 5.01. The molecule has 2 rings (SSSR count). The Morgan fingerprint density at radius 2 is 2.00 bits per heavy atom. The summed E-state index contributed by atoms with van der Waals surface area (Å²) in [5.74, 6) is 0.824. The Morgan fingerprint density at radius 3 is 2.65 bits per heavy atom. The normalized spacial score (nSPS) is 12.1. The second kappa shape index (κ2) is 5.14. The van der Waals surface area contributed by atoms with Gasteiger partial charge in [0.05, 0.1) is 0 Å². The van der Waals surface area contributed by atoms with Crippen LogP contribution in [-0.4, -0.2) is 33.9 Å². The molecule has 1 unspecified atom stereocenters. The van der Waals surface area contributed by atoms with Crippen molar-refractivity contribution in [2.24, 2.45) is 4.74 Å². The van der Waals surface area contributed by atoms with Crippen LogP contribution in [0.15, 0.2) is 35.1 Å². The summed E-state index contributed by atoms with van der Waals surface area (Å²) in [5, 5.41) is 6.67. The third-order valence-corrected chi connectivity index (χ3v) is 3.07. The van der Waals surface area contributed by atoms with Crippen molar-refractivity contribution in [2.75, 3.05) is 14.1 Å². The standard InChI is InChI=1S/C10H12N5OP/c1-15(2)17(16)14-10-11-9(12-13-10)8-6-4-3-5-7-8/h3-7H,1-2H3,(H,11,12,13). The molecule has 1 aromatic carbocycles. The van der Waals surface area contributed by atoms with Crippen LogP contribution in [0.3, 0.4) is 0 Å². The smallest absolute Gasteiger partial charge is 0.312 e. The van der Waals surface area contributed by atoms with Crippen LogP contribution in [0.25, 0.3) is 11.4 Å². The van der Waals surface area contributed by atoms with E-state index in [0.717, 1.165) is 5.56 Å². The summed E-state index contributed by atoms with van der Waals surface area (Å²) < 4.78 is 5.39. The Balaban J connectivity index is 2.26. The van der Waals surface area contributed by atoms with Crippen LogP contribution in [-0.2, 0) is 0 Å². The molecule has 0 aliphatic heterocycles. The summed E-state index contributed by atoms with van der Waals surface area (Å²) in [5.41, 5.74) is 0.918. The number of H-pyrrole nitrogens is 1. The first-order chi connectivity index (χ1) is 8.16. The monoisotopic (exact) mass is 249 g/mol. The zero-order valence-electron chi connectivity index (χ0n) is 9.53. The molecule has 1 aromatic heterocycles. The van der Waals surface area contributed by atoms with Crippen molar-refractivity contribution in [1.29, 1.82) is 0 Å². The second-order valence-corrected chi connectivity index (χ2v) is 5.06. The lowest BCUT2D eigenvalue weighted by Gasteiger charge is -1.99. The lowest BCUT2D eigenvalue weighted by molar-refractivity contribution is -0.164. The van der Waals surface area contributed by atoms with Gasteiger partial charge in [-0.3, -0.25) is 5.10 Å². The van der Waals surface area contributed by atoms with Crippen LogP contribution in [0.1, 0.15) is 0 Å². The van der Waals surface area contributed by atoms with Crippen molar-refractivity contribution >= 4 is 14.0 Å². The van der Waals surface area contributed by atoms with Crippen molar-refractivity contribution in [3.05, 3.63) is 30.3 Å². The Hall–Kier alpha value is -1.62. The van der Waals surface area contributed by atoms with Crippen molar-refractivity contribution in [3.63, 3.8) is 0 Å². The highest BCUT2D eigenvalue weighted by Gasteiger charge is 2.09. The van der Waals surface area contributed by atoms with Gasteiger partial charge >= 0.3 is 5.95 Å². The first kappa shape index (κ1) is 11.9. The molecule has 0 saturated carbocycles. The number of nitrogens with zero attached hydrogens (tertiary/aromatic N) is 4. The van der Waals surface area contributed by atoms with Gasteiger partial charge in [0.15, 0.2) is 5.82 Å². The maximum Gasteiger partial charge on any atom is 0.312 e. The molecular weight excluding hydrogens is 237 g/mol. The van der Waals surface area contributed by atoms with E-state index in [-0.39, 0.29) is 5.95 Å². The van der Waals surface area contributed by atoms with E-state index in [9.17, 15) is 4.89 Å². The fraction of sp³-hybridized carbons (Fsp3) is 0.200. The number of nitrogens with one attached hydrogen (secondary N) is 1. The molecule has 0 aliphatic carbocycles. The SMILES string of the molecule is CN(C)[P+]([O-])=Nc1n[nH]c(-c2ccccc2)n1. The zero-order chi connectivity index (χ0) is 12.3. The third kappa shape index (κ3) is 2.94. The summed E-state index contributed by atoms with van der Waals surface area (Å²) >= 11 is 0. The molecule has 6 nitrogen and oxygen atoms in total. The minimum Gasteiger partial charge on any atom is -0.594 e. The fourth-order valence-electron chi connectivity index (χ4n) is 1.19. The van der Waals surface area contributed by atoms with Gasteiger partial charge in [-0.25, -0.2) is 0 Å². The van der Waals surface area contributed by atoms with Crippen LogP contribution in [0.5, 0.6) is 0 Å². The van der Waals surface area contributed by atoms with E-state index in [4.69, 9.17) is 0 Å². The molecule has 0 fully saturated rings. The summed E-state index contributed by atoms with van der Waals surface area (Å²) in [6, 6.07) is 9.57. The van der Waals surface area contributed by atoms with Crippen molar-refractivity contribution in [1.82, 2.24) is 19.9 Å². The van der Waals surface area contributed by atoms with Crippen LogP contribution >= 0.6 is 8.09 Å². The fourth-order valence-corrected chi connectivity index (χ4v) is 1.61. The number of hydrogen-bond donors (Lipinski definition) is 1. The Labute approximate surface area is 99.9 Å². The highest BCUT2D eigenvalue weighted by molar-refractivity contribution is 7.36. The van der Waals surface area contributed by atoms with Gasteiger partial charge in [-0.2, -0.15) is 4.98 Å². The number of hydrogen-bond acceptors (Lipinski definition) is 4. The molecule has 1 atom stereocenters. The van der Waals surface area contributed by atoms with Crippen molar-refractivity contribution in [2.45, 2.75) is 0 Å². The Kier molecular flexibility index (Phi) is 3.58. The van der Waals surface area contributed by atoms with Crippen LogP contribution in [0, 0.1) is 0 Å². The predicted octanol–water partition coefficient (Wildman–Crippen LogP) is 1.52. The summed E-state index contributed by atoms with van der Waals surface area (Å²) in [6.07, 6.45) is 0. The number of rotatable bonds is 3. The van der Waals surface area contributed by atoms with Gasteiger partial charge in [-0.15, -0.1) is 9.77 Å². The minimum absolute atomic E-state index is 0.207.